The predicted octanol–water partition coefficient (Wildman–Crippen LogP) is 2.61. The molecule has 126 valence electrons. The molecule has 0 radical (unpaired) electrons. The summed E-state index contributed by atoms with van der Waals surface area (Å²) in [4.78, 5) is 15.1. The number of aliphatic hydroxyl groups is 1. The molecule has 0 saturated carbocycles. The lowest BCUT2D eigenvalue weighted by molar-refractivity contribution is -0.0589. The van der Waals surface area contributed by atoms with Gasteiger partial charge in [-0.1, -0.05) is 17.7 Å². The molecule has 2 heterocycles. The average molecular weight is 317 g/mol. The number of nitrogens with zero attached hydrogens (tertiary/aromatic N) is 1. The number of hydrogen-bond donors (Lipinski definition) is 1. The second-order valence-corrected chi connectivity index (χ2v) is 7.08. The lowest BCUT2D eigenvalue weighted by atomic mass is 9.88. The SMILES string of the molecule is Cc1cc(C)c(C(=O)N2CCCC2C2COCCC2O)c(C)c1. The Balaban J connectivity index is 1.86. The Morgan fingerprint density at radius 2 is 1.91 bits per heavy atom. The zero-order valence-electron chi connectivity index (χ0n) is 14.3. The normalized spacial score (nSPS) is 28.2. The van der Waals surface area contributed by atoms with Crippen LogP contribution in [0.2, 0.25) is 0 Å². The molecule has 2 aliphatic heterocycles. The Morgan fingerprint density at radius 1 is 1.22 bits per heavy atom. The van der Waals surface area contributed by atoms with Gasteiger partial charge in [0.05, 0.1) is 12.7 Å². The molecule has 2 fully saturated rings. The molecule has 0 aliphatic carbocycles. The maximum Gasteiger partial charge on any atom is 0.254 e. The highest BCUT2D eigenvalue weighted by atomic mass is 16.5. The van der Waals surface area contributed by atoms with Crippen LogP contribution in [-0.4, -0.2) is 47.8 Å². The first-order valence-electron chi connectivity index (χ1n) is 8.63. The molecule has 1 aromatic carbocycles. The Labute approximate surface area is 138 Å². The minimum atomic E-state index is -0.359. The highest BCUT2D eigenvalue weighted by Gasteiger charge is 2.40. The van der Waals surface area contributed by atoms with Crippen LogP contribution in [-0.2, 0) is 4.74 Å². The van der Waals surface area contributed by atoms with Gasteiger partial charge >= 0.3 is 0 Å². The summed E-state index contributed by atoms with van der Waals surface area (Å²) in [5.41, 5.74) is 4.09. The Bertz CT molecular complexity index is 575. The Hall–Kier alpha value is -1.39. The van der Waals surface area contributed by atoms with E-state index in [1.165, 1.54) is 5.56 Å². The van der Waals surface area contributed by atoms with Gasteiger partial charge in [-0.2, -0.15) is 0 Å². The molecule has 0 spiro atoms. The molecule has 23 heavy (non-hydrogen) atoms. The van der Waals surface area contributed by atoms with Crippen molar-refractivity contribution in [2.75, 3.05) is 19.8 Å². The summed E-state index contributed by atoms with van der Waals surface area (Å²) in [6.45, 7) is 8.03. The van der Waals surface area contributed by atoms with Crippen molar-refractivity contribution >= 4 is 5.91 Å². The van der Waals surface area contributed by atoms with Crippen molar-refractivity contribution in [1.82, 2.24) is 4.90 Å². The van der Waals surface area contributed by atoms with E-state index in [-0.39, 0.29) is 24.0 Å². The zero-order valence-corrected chi connectivity index (χ0v) is 14.3. The van der Waals surface area contributed by atoms with Crippen molar-refractivity contribution in [1.29, 1.82) is 0 Å². The third-order valence-electron chi connectivity index (χ3n) is 5.31. The van der Waals surface area contributed by atoms with E-state index in [0.717, 1.165) is 36.1 Å². The van der Waals surface area contributed by atoms with Gasteiger partial charge in [0.2, 0.25) is 0 Å². The van der Waals surface area contributed by atoms with E-state index in [1.807, 2.05) is 18.7 Å². The molecule has 1 N–H and O–H groups in total. The predicted molar refractivity (Wildman–Crippen MR) is 89.6 cm³/mol. The summed E-state index contributed by atoms with van der Waals surface area (Å²) in [7, 11) is 0. The third-order valence-corrected chi connectivity index (χ3v) is 5.31. The van der Waals surface area contributed by atoms with Gasteiger partial charge < -0.3 is 14.7 Å². The smallest absolute Gasteiger partial charge is 0.254 e. The minimum absolute atomic E-state index is 0.0428. The molecule has 3 atom stereocenters. The summed E-state index contributed by atoms with van der Waals surface area (Å²) in [6, 6.07) is 4.24. The fraction of sp³-hybridized carbons (Fsp3) is 0.632. The molecule has 2 saturated heterocycles. The standard InChI is InChI=1S/C19H27NO3/c1-12-9-13(2)18(14(3)10-12)19(22)20-7-4-5-16(20)15-11-23-8-6-17(15)21/h9-10,15-17,21H,4-8,11H2,1-3H3. The fourth-order valence-electron chi connectivity index (χ4n) is 4.27. The Morgan fingerprint density at radius 3 is 2.57 bits per heavy atom. The number of benzene rings is 1. The second kappa shape index (κ2) is 6.62. The van der Waals surface area contributed by atoms with Crippen molar-refractivity contribution < 1.29 is 14.6 Å². The van der Waals surface area contributed by atoms with Crippen molar-refractivity contribution in [2.24, 2.45) is 5.92 Å². The van der Waals surface area contributed by atoms with Gasteiger partial charge in [-0.25, -0.2) is 0 Å². The van der Waals surface area contributed by atoms with E-state index in [2.05, 4.69) is 19.1 Å². The lowest BCUT2D eigenvalue weighted by Gasteiger charge is -2.37. The Kier molecular flexibility index (Phi) is 4.74. The minimum Gasteiger partial charge on any atom is -0.393 e. The van der Waals surface area contributed by atoms with E-state index in [9.17, 15) is 9.90 Å². The molecule has 0 aromatic heterocycles. The molecular formula is C19H27NO3. The largest absolute Gasteiger partial charge is 0.393 e. The van der Waals surface area contributed by atoms with Crippen molar-refractivity contribution in [2.45, 2.75) is 52.2 Å². The highest BCUT2D eigenvalue weighted by Crippen LogP contribution is 2.32. The van der Waals surface area contributed by atoms with Gasteiger partial charge in [0, 0.05) is 30.7 Å². The second-order valence-electron chi connectivity index (χ2n) is 7.08. The molecule has 4 nitrogen and oxygen atoms in total. The van der Waals surface area contributed by atoms with Crippen molar-refractivity contribution in [3.63, 3.8) is 0 Å². The third kappa shape index (κ3) is 3.15. The van der Waals surface area contributed by atoms with Gasteiger partial charge in [-0.15, -0.1) is 0 Å². The van der Waals surface area contributed by atoms with Gasteiger partial charge in [-0.05, 0) is 51.2 Å². The number of amides is 1. The van der Waals surface area contributed by atoms with Crippen molar-refractivity contribution in [3.05, 3.63) is 34.4 Å². The van der Waals surface area contributed by atoms with E-state index in [0.29, 0.717) is 19.6 Å². The summed E-state index contributed by atoms with van der Waals surface area (Å²) in [6.07, 6.45) is 2.28. The number of aryl methyl sites for hydroxylation is 3. The monoisotopic (exact) mass is 317 g/mol. The highest BCUT2D eigenvalue weighted by molar-refractivity contribution is 5.97. The van der Waals surface area contributed by atoms with Gasteiger partial charge in [0.25, 0.3) is 5.91 Å². The first kappa shape index (κ1) is 16.5. The number of rotatable bonds is 2. The van der Waals surface area contributed by atoms with Crippen LogP contribution in [0.4, 0.5) is 0 Å². The van der Waals surface area contributed by atoms with Crippen LogP contribution in [0.25, 0.3) is 0 Å². The molecular weight excluding hydrogens is 290 g/mol. The molecule has 2 aliphatic rings. The number of carbonyl (C=O) groups excluding carboxylic acids is 1. The molecule has 0 bridgehead atoms. The van der Waals surface area contributed by atoms with Crippen LogP contribution < -0.4 is 0 Å². The quantitative estimate of drug-likeness (QED) is 0.912. The molecule has 3 rings (SSSR count). The summed E-state index contributed by atoms with van der Waals surface area (Å²) >= 11 is 0. The van der Waals surface area contributed by atoms with Crippen LogP contribution in [0.3, 0.4) is 0 Å². The van der Waals surface area contributed by atoms with Crippen LogP contribution in [0.1, 0.15) is 46.3 Å². The van der Waals surface area contributed by atoms with E-state index < -0.39 is 0 Å². The molecule has 3 unspecified atom stereocenters. The lowest BCUT2D eigenvalue weighted by Crippen LogP contribution is -2.48. The fourth-order valence-corrected chi connectivity index (χ4v) is 4.27. The van der Waals surface area contributed by atoms with E-state index in [1.54, 1.807) is 0 Å². The molecule has 1 amide bonds. The number of likely N-dealkylation sites (tertiary alicyclic amines) is 1. The summed E-state index contributed by atoms with van der Waals surface area (Å²) in [5.74, 6) is 0.154. The zero-order chi connectivity index (χ0) is 16.6. The topological polar surface area (TPSA) is 49.8 Å². The summed E-state index contributed by atoms with van der Waals surface area (Å²) < 4.78 is 5.56. The molecule has 4 heteroatoms. The van der Waals surface area contributed by atoms with Crippen LogP contribution in [0.15, 0.2) is 12.1 Å². The van der Waals surface area contributed by atoms with E-state index in [4.69, 9.17) is 4.74 Å². The number of ether oxygens (including phenoxy) is 1. The number of carbonyl (C=O) groups is 1. The first-order valence-corrected chi connectivity index (χ1v) is 8.63. The van der Waals surface area contributed by atoms with E-state index >= 15 is 0 Å². The van der Waals surface area contributed by atoms with Crippen LogP contribution in [0, 0.1) is 26.7 Å². The first-order chi connectivity index (χ1) is 11.0. The number of aliphatic hydroxyl groups excluding tert-OH is 1. The van der Waals surface area contributed by atoms with Gasteiger partial charge in [-0.3, -0.25) is 4.79 Å². The van der Waals surface area contributed by atoms with Gasteiger partial charge in [0.1, 0.15) is 0 Å². The molecule has 1 aromatic rings. The van der Waals surface area contributed by atoms with Crippen LogP contribution in [0.5, 0.6) is 0 Å². The van der Waals surface area contributed by atoms with Crippen LogP contribution >= 0.6 is 0 Å². The maximum absolute atomic E-state index is 13.2. The summed E-state index contributed by atoms with van der Waals surface area (Å²) in [5, 5.41) is 10.3. The van der Waals surface area contributed by atoms with Crippen molar-refractivity contribution in [3.8, 4) is 0 Å². The maximum atomic E-state index is 13.2. The average Bonchev–Trinajstić information content (AvgIpc) is 2.95. The number of hydrogen-bond acceptors (Lipinski definition) is 3. The van der Waals surface area contributed by atoms with Gasteiger partial charge in [0.15, 0.2) is 0 Å².